The van der Waals surface area contributed by atoms with Crippen molar-refractivity contribution < 1.29 is 14.6 Å². The highest BCUT2D eigenvalue weighted by molar-refractivity contribution is 6.10. The fourth-order valence-electron chi connectivity index (χ4n) is 3.24. The van der Waals surface area contributed by atoms with Gasteiger partial charge in [0.05, 0.1) is 11.7 Å². The molecular weight excluding hydrogens is 336 g/mol. The fourth-order valence-corrected chi connectivity index (χ4v) is 3.24. The van der Waals surface area contributed by atoms with Crippen LogP contribution in [0.3, 0.4) is 0 Å². The molecule has 27 heavy (non-hydrogen) atoms. The number of ether oxygens (including phenoxy) is 1. The van der Waals surface area contributed by atoms with Crippen molar-refractivity contribution in [3.63, 3.8) is 0 Å². The van der Waals surface area contributed by atoms with E-state index in [0.717, 1.165) is 18.4 Å². The van der Waals surface area contributed by atoms with Crippen molar-refractivity contribution in [3.8, 4) is 11.5 Å². The van der Waals surface area contributed by atoms with E-state index in [0.29, 0.717) is 22.8 Å². The van der Waals surface area contributed by atoms with Crippen molar-refractivity contribution in [2.24, 2.45) is 5.92 Å². The number of carbonyl (C=O) groups excluding carboxylic acids is 1. The zero-order valence-electron chi connectivity index (χ0n) is 17.4. The lowest BCUT2D eigenvalue weighted by Crippen LogP contribution is -2.21. The van der Waals surface area contributed by atoms with E-state index in [2.05, 4.69) is 34.6 Å². The minimum atomic E-state index is -0.178. The number of carbonyl (C=O) groups is 1. The van der Waals surface area contributed by atoms with Crippen molar-refractivity contribution >= 4 is 5.78 Å². The summed E-state index contributed by atoms with van der Waals surface area (Å²) in [5.41, 5.74) is 1.67. The Hall–Kier alpha value is -2.29. The number of hydrogen-bond donors (Lipinski definition) is 1. The molecule has 0 heterocycles. The fraction of sp³-hybridized carbons (Fsp3) is 0.458. The van der Waals surface area contributed by atoms with E-state index in [1.165, 1.54) is 0 Å². The zero-order chi connectivity index (χ0) is 20.2. The quantitative estimate of drug-likeness (QED) is 0.571. The lowest BCUT2D eigenvalue weighted by Gasteiger charge is -2.29. The minimum absolute atomic E-state index is 0.0338. The van der Waals surface area contributed by atoms with Gasteiger partial charge in [-0.25, -0.2) is 0 Å². The second-order valence-corrected chi connectivity index (χ2v) is 8.36. The number of phenolic OH excluding ortho intramolecular Hbond substituents is 1. The second kappa shape index (κ2) is 8.60. The molecule has 2 aromatic carbocycles. The first-order valence-electron chi connectivity index (χ1n) is 9.79. The average molecular weight is 369 g/mol. The van der Waals surface area contributed by atoms with E-state index in [-0.39, 0.29) is 23.1 Å². The number of ketones is 1. The maximum atomic E-state index is 12.9. The summed E-state index contributed by atoms with van der Waals surface area (Å²) in [5.74, 6) is 0.974. The van der Waals surface area contributed by atoms with Gasteiger partial charge in [0.1, 0.15) is 11.5 Å². The van der Waals surface area contributed by atoms with Gasteiger partial charge in [0.25, 0.3) is 0 Å². The molecule has 0 fully saturated rings. The van der Waals surface area contributed by atoms with Gasteiger partial charge in [0.15, 0.2) is 5.78 Å². The molecule has 0 radical (unpaired) electrons. The van der Waals surface area contributed by atoms with Crippen LogP contribution in [0.15, 0.2) is 42.5 Å². The van der Waals surface area contributed by atoms with Crippen LogP contribution in [0, 0.1) is 5.92 Å². The SMILES string of the molecule is CCC(C)(C)c1cc(C(=O)c2ccccc2)c(O)cc1OC(C)CC(C)C. The van der Waals surface area contributed by atoms with Gasteiger partial charge >= 0.3 is 0 Å². The van der Waals surface area contributed by atoms with Crippen LogP contribution >= 0.6 is 0 Å². The molecule has 0 aliphatic rings. The van der Waals surface area contributed by atoms with Gasteiger partial charge in [-0.3, -0.25) is 4.79 Å². The molecule has 0 saturated carbocycles. The highest BCUT2D eigenvalue weighted by atomic mass is 16.5. The molecule has 0 aromatic heterocycles. The van der Waals surface area contributed by atoms with Crippen LogP contribution in [0.1, 0.15) is 75.9 Å². The van der Waals surface area contributed by atoms with Gasteiger partial charge < -0.3 is 9.84 Å². The van der Waals surface area contributed by atoms with Gasteiger partial charge in [-0.05, 0) is 37.2 Å². The summed E-state index contributed by atoms with van der Waals surface area (Å²) in [6, 6.07) is 12.5. The Morgan fingerprint density at radius 1 is 1.11 bits per heavy atom. The molecular formula is C24H32O3. The molecule has 2 aromatic rings. The van der Waals surface area contributed by atoms with E-state index < -0.39 is 0 Å². The number of rotatable bonds is 8. The summed E-state index contributed by atoms with van der Waals surface area (Å²) in [7, 11) is 0. The van der Waals surface area contributed by atoms with Crippen LogP contribution < -0.4 is 4.74 Å². The third-order valence-corrected chi connectivity index (χ3v) is 5.12. The first kappa shape index (κ1) is 21.0. The lowest BCUT2D eigenvalue weighted by molar-refractivity contribution is 0.103. The molecule has 0 saturated heterocycles. The first-order chi connectivity index (χ1) is 12.7. The van der Waals surface area contributed by atoms with Crippen LogP contribution in [0.2, 0.25) is 0 Å². The molecule has 1 atom stereocenters. The van der Waals surface area contributed by atoms with Crippen molar-refractivity contribution in [1.82, 2.24) is 0 Å². The van der Waals surface area contributed by atoms with Gasteiger partial charge in [-0.15, -0.1) is 0 Å². The van der Waals surface area contributed by atoms with Crippen LogP contribution in [0.4, 0.5) is 0 Å². The van der Waals surface area contributed by atoms with E-state index in [1.807, 2.05) is 31.2 Å². The predicted octanol–water partition coefficient (Wildman–Crippen LogP) is 6.12. The standard InChI is InChI=1S/C24H32O3/c1-7-24(5,6)20-14-19(23(26)18-11-9-8-10-12-18)21(25)15-22(20)27-17(4)13-16(2)3/h8-12,14-17,25H,7,13H2,1-6H3. The molecule has 0 spiro atoms. The molecule has 146 valence electrons. The van der Waals surface area contributed by atoms with Gasteiger partial charge in [-0.2, -0.15) is 0 Å². The Labute approximate surface area is 163 Å². The molecule has 0 aliphatic carbocycles. The Balaban J connectivity index is 2.50. The number of phenols is 1. The molecule has 3 nitrogen and oxygen atoms in total. The molecule has 1 N–H and O–H groups in total. The summed E-state index contributed by atoms with van der Waals surface area (Å²) in [5, 5.41) is 10.6. The Morgan fingerprint density at radius 3 is 2.30 bits per heavy atom. The largest absolute Gasteiger partial charge is 0.507 e. The zero-order valence-corrected chi connectivity index (χ0v) is 17.4. The monoisotopic (exact) mass is 368 g/mol. The first-order valence-corrected chi connectivity index (χ1v) is 9.79. The van der Waals surface area contributed by atoms with Crippen molar-refractivity contribution in [1.29, 1.82) is 0 Å². The predicted molar refractivity (Wildman–Crippen MR) is 111 cm³/mol. The topological polar surface area (TPSA) is 46.5 Å². The maximum Gasteiger partial charge on any atom is 0.196 e. The smallest absolute Gasteiger partial charge is 0.196 e. The Bertz CT molecular complexity index is 776. The summed E-state index contributed by atoms with van der Waals surface area (Å²) in [6.07, 6.45) is 1.86. The maximum absolute atomic E-state index is 12.9. The van der Waals surface area contributed by atoms with E-state index in [4.69, 9.17) is 4.74 Å². The molecule has 0 bridgehead atoms. The van der Waals surface area contributed by atoms with E-state index >= 15 is 0 Å². The average Bonchev–Trinajstić information content (AvgIpc) is 2.61. The van der Waals surface area contributed by atoms with Crippen molar-refractivity contribution in [2.45, 2.75) is 65.9 Å². The number of aromatic hydroxyl groups is 1. The van der Waals surface area contributed by atoms with Crippen LogP contribution in [0.5, 0.6) is 11.5 Å². The minimum Gasteiger partial charge on any atom is -0.507 e. The molecule has 0 aliphatic heterocycles. The second-order valence-electron chi connectivity index (χ2n) is 8.36. The van der Waals surface area contributed by atoms with Gasteiger partial charge in [-0.1, -0.05) is 65.0 Å². The third kappa shape index (κ3) is 5.12. The summed E-state index contributed by atoms with van der Waals surface area (Å²) >= 11 is 0. The summed E-state index contributed by atoms with van der Waals surface area (Å²) < 4.78 is 6.19. The Morgan fingerprint density at radius 2 is 1.74 bits per heavy atom. The van der Waals surface area contributed by atoms with Crippen molar-refractivity contribution in [3.05, 3.63) is 59.2 Å². The van der Waals surface area contributed by atoms with Crippen LogP contribution in [0.25, 0.3) is 0 Å². The number of hydrogen-bond acceptors (Lipinski definition) is 3. The normalized spacial score (nSPS) is 12.9. The van der Waals surface area contributed by atoms with E-state index in [1.54, 1.807) is 18.2 Å². The summed E-state index contributed by atoms with van der Waals surface area (Å²) in [6.45, 7) is 12.8. The highest BCUT2D eigenvalue weighted by Crippen LogP contribution is 2.39. The van der Waals surface area contributed by atoms with Gasteiger partial charge in [0.2, 0.25) is 0 Å². The molecule has 0 amide bonds. The summed E-state index contributed by atoms with van der Waals surface area (Å²) in [4.78, 5) is 12.9. The third-order valence-electron chi connectivity index (χ3n) is 5.12. The van der Waals surface area contributed by atoms with Crippen LogP contribution in [-0.2, 0) is 5.41 Å². The van der Waals surface area contributed by atoms with Gasteiger partial charge in [0, 0.05) is 17.2 Å². The molecule has 3 heteroatoms. The lowest BCUT2D eigenvalue weighted by atomic mass is 9.80. The van der Waals surface area contributed by atoms with Crippen molar-refractivity contribution in [2.75, 3.05) is 0 Å². The van der Waals surface area contributed by atoms with Crippen LogP contribution in [-0.4, -0.2) is 17.0 Å². The van der Waals surface area contributed by atoms with E-state index in [9.17, 15) is 9.90 Å². The highest BCUT2D eigenvalue weighted by Gasteiger charge is 2.27. The molecule has 2 rings (SSSR count). The Kier molecular flexibility index (Phi) is 6.69. The number of benzene rings is 2. The molecule has 1 unspecified atom stereocenters.